The molecular weight excluding hydrogens is 462 g/mol. The van der Waals surface area contributed by atoms with Crippen molar-refractivity contribution in [3.05, 3.63) is 58.0 Å². The number of nitrogens with zero attached hydrogens (tertiary/aromatic N) is 2. The lowest BCUT2D eigenvalue weighted by atomic mass is 10.2. The Labute approximate surface area is 175 Å². The summed E-state index contributed by atoms with van der Waals surface area (Å²) in [5, 5.41) is 8.74. The Balaban J connectivity index is 0.00000243. The summed E-state index contributed by atoms with van der Waals surface area (Å²) in [5.41, 5.74) is 0.639. The second-order valence-corrected chi connectivity index (χ2v) is 7.15. The molecular formula is C19H26FIN4S. The largest absolute Gasteiger partial charge is 0.354 e. The predicted octanol–water partition coefficient (Wildman–Crippen LogP) is 4.01. The quantitative estimate of drug-likeness (QED) is 0.367. The molecule has 2 heterocycles. The smallest absolute Gasteiger partial charge is 0.191 e. The van der Waals surface area contributed by atoms with Gasteiger partial charge in [0.1, 0.15) is 5.82 Å². The van der Waals surface area contributed by atoms with Crippen LogP contribution in [0.25, 0.3) is 0 Å². The van der Waals surface area contributed by atoms with E-state index in [0.717, 1.165) is 19.6 Å². The van der Waals surface area contributed by atoms with Crippen LogP contribution >= 0.6 is 35.3 Å². The number of thiophene rings is 1. The number of benzene rings is 1. The number of likely N-dealkylation sites (tertiary alicyclic amines) is 1. The summed E-state index contributed by atoms with van der Waals surface area (Å²) in [7, 11) is 1.74. The van der Waals surface area contributed by atoms with Crippen LogP contribution < -0.4 is 10.6 Å². The first kappa shape index (κ1) is 21.1. The highest BCUT2D eigenvalue weighted by Crippen LogP contribution is 2.27. The fourth-order valence-corrected chi connectivity index (χ4v) is 4.04. The molecule has 0 radical (unpaired) electrons. The van der Waals surface area contributed by atoms with E-state index in [-0.39, 0.29) is 29.8 Å². The topological polar surface area (TPSA) is 39.7 Å². The lowest BCUT2D eigenvalue weighted by Crippen LogP contribution is -2.42. The van der Waals surface area contributed by atoms with Gasteiger partial charge < -0.3 is 10.6 Å². The highest BCUT2D eigenvalue weighted by Gasteiger charge is 2.24. The van der Waals surface area contributed by atoms with E-state index in [1.165, 1.54) is 23.8 Å². The number of nitrogens with one attached hydrogen (secondary N) is 2. The van der Waals surface area contributed by atoms with Gasteiger partial charge in [-0.25, -0.2) is 4.39 Å². The van der Waals surface area contributed by atoms with Gasteiger partial charge >= 0.3 is 0 Å². The van der Waals surface area contributed by atoms with Crippen molar-refractivity contribution >= 4 is 41.3 Å². The van der Waals surface area contributed by atoms with E-state index >= 15 is 0 Å². The third kappa shape index (κ3) is 5.65. The summed E-state index contributed by atoms with van der Waals surface area (Å²) in [4.78, 5) is 8.17. The molecule has 142 valence electrons. The van der Waals surface area contributed by atoms with Gasteiger partial charge in [0.15, 0.2) is 5.96 Å². The highest BCUT2D eigenvalue weighted by atomic mass is 127. The van der Waals surface area contributed by atoms with E-state index in [2.05, 4.69) is 38.0 Å². The average Bonchev–Trinajstić information content (AvgIpc) is 3.33. The van der Waals surface area contributed by atoms with Crippen molar-refractivity contribution in [2.75, 3.05) is 26.7 Å². The molecule has 0 spiro atoms. The minimum absolute atomic E-state index is 0. The molecule has 2 aromatic rings. The summed E-state index contributed by atoms with van der Waals surface area (Å²) in [6, 6.07) is 11.5. The van der Waals surface area contributed by atoms with Crippen molar-refractivity contribution < 1.29 is 4.39 Å². The Bertz CT molecular complexity index is 687. The third-order valence-electron chi connectivity index (χ3n) is 4.54. The maximum absolute atomic E-state index is 13.7. The molecule has 1 aromatic carbocycles. The van der Waals surface area contributed by atoms with Crippen LogP contribution in [0.2, 0.25) is 0 Å². The molecule has 2 N–H and O–H groups in total. The molecule has 7 heteroatoms. The van der Waals surface area contributed by atoms with E-state index in [1.807, 2.05) is 6.07 Å². The number of halogens is 2. The molecule has 1 aliphatic heterocycles. The number of hydrogen-bond acceptors (Lipinski definition) is 3. The Hall–Kier alpha value is -1.19. The van der Waals surface area contributed by atoms with Crippen molar-refractivity contribution in [3.63, 3.8) is 0 Å². The molecule has 1 aromatic heterocycles. The molecule has 26 heavy (non-hydrogen) atoms. The number of aliphatic imine (C=N–C) groups is 1. The van der Waals surface area contributed by atoms with E-state index in [9.17, 15) is 4.39 Å². The summed E-state index contributed by atoms with van der Waals surface area (Å²) < 4.78 is 13.7. The minimum Gasteiger partial charge on any atom is -0.354 e. The molecule has 1 unspecified atom stereocenters. The SMILES string of the molecule is CN=C(NCc1ccccc1F)NCC(c1cccs1)N1CCCC1.I. The van der Waals surface area contributed by atoms with Crippen molar-refractivity contribution in [2.45, 2.75) is 25.4 Å². The van der Waals surface area contributed by atoms with Crippen LogP contribution in [-0.4, -0.2) is 37.5 Å². The molecule has 0 saturated carbocycles. The molecule has 1 atom stereocenters. The fraction of sp³-hybridized carbons (Fsp3) is 0.421. The maximum atomic E-state index is 13.7. The maximum Gasteiger partial charge on any atom is 0.191 e. The number of hydrogen-bond donors (Lipinski definition) is 2. The van der Waals surface area contributed by atoms with E-state index in [4.69, 9.17) is 0 Å². The summed E-state index contributed by atoms with van der Waals surface area (Å²) in [5.74, 6) is 0.503. The minimum atomic E-state index is -0.195. The normalized spacial score (nSPS) is 16.2. The van der Waals surface area contributed by atoms with E-state index < -0.39 is 0 Å². The first-order chi connectivity index (χ1) is 12.3. The first-order valence-electron chi connectivity index (χ1n) is 8.73. The van der Waals surface area contributed by atoms with Crippen LogP contribution in [0.4, 0.5) is 4.39 Å². The van der Waals surface area contributed by atoms with Gasteiger partial charge in [-0.05, 0) is 43.4 Å². The van der Waals surface area contributed by atoms with Crippen LogP contribution in [0.5, 0.6) is 0 Å². The monoisotopic (exact) mass is 488 g/mol. The van der Waals surface area contributed by atoms with Crippen LogP contribution in [-0.2, 0) is 6.54 Å². The molecule has 3 rings (SSSR count). The molecule has 0 aliphatic carbocycles. The Morgan fingerprint density at radius 3 is 2.62 bits per heavy atom. The van der Waals surface area contributed by atoms with Gasteiger partial charge in [-0.3, -0.25) is 9.89 Å². The molecule has 1 aliphatic rings. The van der Waals surface area contributed by atoms with Crippen LogP contribution in [0.1, 0.15) is 29.3 Å². The van der Waals surface area contributed by atoms with Gasteiger partial charge in [0.25, 0.3) is 0 Å². The van der Waals surface area contributed by atoms with Gasteiger partial charge in [0.05, 0.1) is 6.04 Å². The zero-order valence-corrected chi connectivity index (χ0v) is 18.1. The summed E-state index contributed by atoms with van der Waals surface area (Å²) in [6.45, 7) is 3.49. The standard InChI is InChI=1S/C19H25FN4S.HI/c1-21-19(22-13-15-7-2-3-8-16(15)20)23-14-17(18-9-6-12-25-18)24-10-4-5-11-24;/h2-3,6-9,12,17H,4-5,10-11,13-14H2,1H3,(H2,21,22,23);1H. The Morgan fingerprint density at radius 1 is 1.19 bits per heavy atom. The molecule has 0 amide bonds. The Morgan fingerprint density at radius 2 is 1.96 bits per heavy atom. The second kappa shape index (κ2) is 10.8. The van der Waals surface area contributed by atoms with Crippen molar-refractivity contribution in [1.29, 1.82) is 0 Å². The van der Waals surface area contributed by atoms with Crippen molar-refractivity contribution in [2.24, 2.45) is 4.99 Å². The molecule has 4 nitrogen and oxygen atoms in total. The molecule has 1 fully saturated rings. The summed E-state index contributed by atoms with van der Waals surface area (Å²) in [6.07, 6.45) is 2.53. The van der Waals surface area contributed by atoms with Crippen molar-refractivity contribution in [3.8, 4) is 0 Å². The fourth-order valence-electron chi connectivity index (χ4n) is 3.18. The molecule has 0 bridgehead atoms. The predicted molar refractivity (Wildman–Crippen MR) is 118 cm³/mol. The number of guanidine groups is 1. The highest BCUT2D eigenvalue weighted by molar-refractivity contribution is 14.0. The van der Waals surface area contributed by atoms with Gasteiger partial charge in [0.2, 0.25) is 0 Å². The van der Waals surface area contributed by atoms with Gasteiger partial charge in [-0.2, -0.15) is 0 Å². The van der Waals surface area contributed by atoms with Crippen LogP contribution in [0, 0.1) is 5.82 Å². The lowest BCUT2D eigenvalue weighted by Gasteiger charge is -2.27. The van der Waals surface area contributed by atoms with Crippen LogP contribution in [0.15, 0.2) is 46.8 Å². The summed E-state index contributed by atoms with van der Waals surface area (Å²) >= 11 is 1.80. The van der Waals surface area contributed by atoms with Gasteiger partial charge in [-0.1, -0.05) is 24.3 Å². The lowest BCUT2D eigenvalue weighted by molar-refractivity contribution is 0.249. The zero-order valence-electron chi connectivity index (χ0n) is 15.0. The average molecular weight is 488 g/mol. The van der Waals surface area contributed by atoms with E-state index in [1.54, 1.807) is 30.5 Å². The molecule has 1 saturated heterocycles. The zero-order chi connectivity index (χ0) is 17.5. The van der Waals surface area contributed by atoms with Crippen LogP contribution in [0.3, 0.4) is 0 Å². The first-order valence-corrected chi connectivity index (χ1v) is 9.61. The van der Waals surface area contributed by atoms with Gasteiger partial charge in [-0.15, -0.1) is 35.3 Å². The number of rotatable bonds is 6. The van der Waals surface area contributed by atoms with Gasteiger partial charge in [0, 0.05) is 30.6 Å². The second-order valence-electron chi connectivity index (χ2n) is 6.17. The Kier molecular flexibility index (Phi) is 8.80. The van der Waals surface area contributed by atoms with E-state index in [0.29, 0.717) is 24.1 Å². The third-order valence-corrected chi connectivity index (χ3v) is 5.52. The van der Waals surface area contributed by atoms with Crippen molar-refractivity contribution in [1.82, 2.24) is 15.5 Å².